The molecule has 0 aromatic heterocycles. The first-order valence-electron chi connectivity index (χ1n) is 7.64. The smallest absolute Gasteiger partial charge is 0.331 e. The van der Waals surface area contributed by atoms with Crippen LogP contribution in [0.5, 0.6) is 0 Å². The van der Waals surface area contributed by atoms with Gasteiger partial charge < -0.3 is 15.4 Å². The van der Waals surface area contributed by atoms with E-state index in [1.165, 1.54) is 6.08 Å². The number of nitrogens with two attached hydrogens (primary N) is 1. The number of nitrogens with zero attached hydrogens (tertiary/aromatic N) is 1. The number of rotatable bonds is 5. The summed E-state index contributed by atoms with van der Waals surface area (Å²) in [6.07, 6.45) is 4.01. The molecule has 1 fully saturated rings. The first-order chi connectivity index (χ1) is 11.5. The molecule has 24 heavy (non-hydrogen) atoms. The van der Waals surface area contributed by atoms with Gasteiger partial charge in [-0.3, -0.25) is 9.59 Å². The largest absolute Gasteiger partial charge is 0.452 e. The van der Waals surface area contributed by atoms with Gasteiger partial charge in [0, 0.05) is 29.6 Å². The van der Waals surface area contributed by atoms with Gasteiger partial charge in [-0.2, -0.15) is 0 Å². The van der Waals surface area contributed by atoms with Crippen LogP contribution in [0.15, 0.2) is 34.8 Å². The molecule has 1 aliphatic rings. The topological polar surface area (TPSA) is 89.7 Å². The third-order valence-electron chi connectivity index (χ3n) is 3.89. The molecule has 2 amide bonds. The van der Waals surface area contributed by atoms with Gasteiger partial charge in [0.1, 0.15) is 0 Å². The average molecular weight is 395 g/mol. The number of primary amides is 1. The van der Waals surface area contributed by atoms with E-state index >= 15 is 0 Å². The van der Waals surface area contributed by atoms with Crippen LogP contribution in [-0.2, 0) is 19.1 Å². The molecule has 1 aliphatic heterocycles. The lowest BCUT2D eigenvalue weighted by Crippen LogP contribution is -2.43. The number of benzene rings is 1. The van der Waals surface area contributed by atoms with Crippen molar-refractivity contribution in [2.45, 2.75) is 12.8 Å². The van der Waals surface area contributed by atoms with Gasteiger partial charge >= 0.3 is 5.97 Å². The lowest BCUT2D eigenvalue weighted by Gasteiger charge is -2.30. The van der Waals surface area contributed by atoms with E-state index in [0.717, 1.165) is 10.0 Å². The first kappa shape index (κ1) is 18.2. The highest BCUT2D eigenvalue weighted by atomic mass is 79.9. The minimum Gasteiger partial charge on any atom is -0.452 e. The highest BCUT2D eigenvalue weighted by Crippen LogP contribution is 2.18. The molecule has 0 bridgehead atoms. The molecule has 2 N–H and O–H groups in total. The van der Waals surface area contributed by atoms with E-state index in [2.05, 4.69) is 15.9 Å². The van der Waals surface area contributed by atoms with Crippen LogP contribution in [0.2, 0.25) is 0 Å². The third kappa shape index (κ3) is 5.19. The fourth-order valence-corrected chi connectivity index (χ4v) is 2.87. The molecule has 1 saturated heterocycles. The maximum Gasteiger partial charge on any atom is 0.331 e. The molecule has 0 spiro atoms. The second-order valence-corrected chi connectivity index (χ2v) is 6.37. The summed E-state index contributed by atoms with van der Waals surface area (Å²) >= 11 is 3.38. The summed E-state index contributed by atoms with van der Waals surface area (Å²) in [4.78, 5) is 36.4. The second-order valence-electron chi connectivity index (χ2n) is 5.52. The van der Waals surface area contributed by atoms with Crippen LogP contribution in [0.1, 0.15) is 18.4 Å². The van der Waals surface area contributed by atoms with E-state index in [4.69, 9.17) is 10.5 Å². The maximum absolute atomic E-state index is 12.0. The summed E-state index contributed by atoms with van der Waals surface area (Å²) in [5.74, 6) is -1.35. The number of carbonyl (C=O) groups excluding carboxylic acids is 3. The van der Waals surface area contributed by atoms with Crippen molar-refractivity contribution in [3.63, 3.8) is 0 Å². The Kier molecular flexibility index (Phi) is 6.54. The van der Waals surface area contributed by atoms with Gasteiger partial charge in [-0.15, -0.1) is 0 Å². The zero-order valence-corrected chi connectivity index (χ0v) is 14.7. The Bertz CT molecular complexity index is 652. The number of ether oxygens (including phenoxy) is 1. The lowest BCUT2D eigenvalue weighted by molar-refractivity contribution is -0.149. The van der Waals surface area contributed by atoms with E-state index in [1.54, 1.807) is 11.0 Å². The van der Waals surface area contributed by atoms with Crippen molar-refractivity contribution >= 4 is 39.8 Å². The predicted octanol–water partition coefficient (Wildman–Crippen LogP) is 1.73. The molecular formula is C17H19BrN2O4. The Labute approximate surface area is 148 Å². The highest BCUT2D eigenvalue weighted by Gasteiger charge is 2.26. The lowest BCUT2D eigenvalue weighted by atomic mass is 9.96. The highest BCUT2D eigenvalue weighted by molar-refractivity contribution is 9.10. The molecule has 1 aromatic rings. The van der Waals surface area contributed by atoms with Gasteiger partial charge in [-0.25, -0.2) is 4.79 Å². The Balaban J connectivity index is 1.77. The molecule has 0 aliphatic carbocycles. The Morgan fingerprint density at radius 2 is 1.92 bits per heavy atom. The maximum atomic E-state index is 12.0. The molecule has 0 unspecified atom stereocenters. The summed E-state index contributed by atoms with van der Waals surface area (Å²) in [5, 5.41) is 0. The number of hydrogen-bond donors (Lipinski definition) is 1. The zero-order valence-electron chi connectivity index (χ0n) is 13.1. The summed E-state index contributed by atoms with van der Waals surface area (Å²) in [6, 6.07) is 7.45. The molecule has 0 radical (unpaired) electrons. The monoisotopic (exact) mass is 394 g/mol. The summed E-state index contributed by atoms with van der Waals surface area (Å²) in [6.45, 7) is 0.605. The molecule has 0 saturated carbocycles. The van der Waals surface area contributed by atoms with Gasteiger partial charge in [0.25, 0.3) is 5.91 Å². The van der Waals surface area contributed by atoms with Crippen LogP contribution in [-0.4, -0.2) is 42.4 Å². The Morgan fingerprint density at radius 3 is 2.54 bits per heavy atom. The van der Waals surface area contributed by atoms with Crippen LogP contribution in [0.3, 0.4) is 0 Å². The average Bonchev–Trinajstić information content (AvgIpc) is 2.59. The summed E-state index contributed by atoms with van der Waals surface area (Å²) < 4.78 is 5.83. The number of halogens is 1. The second kappa shape index (κ2) is 8.63. The number of likely N-dealkylation sites (tertiary alicyclic amines) is 1. The van der Waals surface area contributed by atoms with Gasteiger partial charge in [0.05, 0.1) is 0 Å². The van der Waals surface area contributed by atoms with Crippen molar-refractivity contribution in [2.75, 3.05) is 19.7 Å². The molecule has 128 valence electrons. The molecule has 2 rings (SSSR count). The first-order valence-corrected chi connectivity index (χ1v) is 8.43. The molecule has 1 heterocycles. The number of amides is 2. The minimum absolute atomic E-state index is 0.177. The molecular weight excluding hydrogens is 376 g/mol. The van der Waals surface area contributed by atoms with Crippen LogP contribution >= 0.6 is 15.9 Å². The van der Waals surface area contributed by atoms with E-state index in [-0.39, 0.29) is 24.3 Å². The minimum atomic E-state index is -0.578. The molecule has 1 aromatic carbocycles. The van der Waals surface area contributed by atoms with Gasteiger partial charge in [0.2, 0.25) is 5.91 Å². The summed E-state index contributed by atoms with van der Waals surface area (Å²) in [7, 11) is 0. The number of hydrogen-bond acceptors (Lipinski definition) is 4. The Hall–Kier alpha value is -2.15. The number of piperidine rings is 1. The molecule has 6 nitrogen and oxygen atoms in total. The van der Waals surface area contributed by atoms with E-state index in [1.807, 2.05) is 24.3 Å². The van der Waals surface area contributed by atoms with Crippen molar-refractivity contribution < 1.29 is 19.1 Å². The van der Waals surface area contributed by atoms with Crippen LogP contribution in [0.4, 0.5) is 0 Å². The van der Waals surface area contributed by atoms with Crippen molar-refractivity contribution in [3.8, 4) is 0 Å². The number of esters is 1. The van der Waals surface area contributed by atoms with Crippen LogP contribution in [0, 0.1) is 5.92 Å². The van der Waals surface area contributed by atoms with E-state index in [0.29, 0.717) is 25.9 Å². The van der Waals surface area contributed by atoms with Crippen molar-refractivity contribution in [2.24, 2.45) is 11.7 Å². The molecule has 7 heteroatoms. The standard InChI is InChI=1S/C17H19BrN2O4/c18-14-4-2-1-3-12(14)5-6-16(22)24-11-15(21)20-9-7-13(8-10-20)17(19)23/h1-6,13H,7-11H2,(H2,19,23)/b6-5+. The van der Waals surface area contributed by atoms with Crippen molar-refractivity contribution in [1.29, 1.82) is 0 Å². The fraction of sp³-hybridized carbons (Fsp3) is 0.353. The quantitative estimate of drug-likeness (QED) is 0.608. The van der Waals surface area contributed by atoms with Crippen LogP contribution in [0.25, 0.3) is 6.08 Å². The van der Waals surface area contributed by atoms with Crippen molar-refractivity contribution in [1.82, 2.24) is 4.90 Å². The zero-order chi connectivity index (χ0) is 17.5. The normalized spacial score (nSPS) is 15.5. The predicted molar refractivity (Wildman–Crippen MR) is 92.6 cm³/mol. The fourth-order valence-electron chi connectivity index (χ4n) is 2.45. The summed E-state index contributed by atoms with van der Waals surface area (Å²) in [5.41, 5.74) is 6.10. The van der Waals surface area contributed by atoms with Gasteiger partial charge in [-0.1, -0.05) is 34.1 Å². The Morgan fingerprint density at radius 1 is 1.25 bits per heavy atom. The van der Waals surface area contributed by atoms with Gasteiger partial charge in [0.15, 0.2) is 6.61 Å². The van der Waals surface area contributed by atoms with Crippen molar-refractivity contribution in [3.05, 3.63) is 40.4 Å². The van der Waals surface area contributed by atoms with E-state index in [9.17, 15) is 14.4 Å². The SMILES string of the molecule is NC(=O)C1CCN(C(=O)COC(=O)/C=C/c2ccccc2Br)CC1. The van der Waals surface area contributed by atoms with Gasteiger partial charge in [-0.05, 0) is 30.5 Å². The van der Waals surface area contributed by atoms with E-state index < -0.39 is 5.97 Å². The third-order valence-corrected chi connectivity index (χ3v) is 4.61. The van der Waals surface area contributed by atoms with Crippen LogP contribution < -0.4 is 5.73 Å². The number of carbonyl (C=O) groups is 3. The molecule has 0 atom stereocenters.